The van der Waals surface area contributed by atoms with Gasteiger partial charge in [-0.3, -0.25) is 9.59 Å². The molecule has 0 unspecified atom stereocenters. The number of nitrogens with two attached hydrogens (primary N) is 1. The van der Waals surface area contributed by atoms with Crippen LogP contribution in [0.2, 0.25) is 0 Å². The van der Waals surface area contributed by atoms with Crippen LogP contribution in [0.4, 0.5) is 4.79 Å². The van der Waals surface area contributed by atoms with E-state index in [0.29, 0.717) is 45.4 Å². The summed E-state index contributed by atoms with van der Waals surface area (Å²) in [5, 5.41) is 4.28. The van der Waals surface area contributed by atoms with Crippen molar-refractivity contribution in [3.63, 3.8) is 0 Å². The van der Waals surface area contributed by atoms with Crippen molar-refractivity contribution >= 4 is 28.7 Å². The molecule has 0 spiro atoms. The molecule has 0 aliphatic carbocycles. The van der Waals surface area contributed by atoms with Gasteiger partial charge in [-0.2, -0.15) is 0 Å². The monoisotopic (exact) mass is 439 g/mol. The van der Waals surface area contributed by atoms with Gasteiger partial charge in [0.15, 0.2) is 0 Å². The lowest BCUT2D eigenvalue weighted by Crippen LogP contribution is -2.43. The van der Waals surface area contributed by atoms with E-state index in [1.165, 1.54) is 10.9 Å². The fourth-order valence-electron chi connectivity index (χ4n) is 4.82. The van der Waals surface area contributed by atoms with Gasteiger partial charge in [0, 0.05) is 55.1 Å². The van der Waals surface area contributed by atoms with Crippen molar-refractivity contribution in [3.8, 4) is 0 Å². The van der Waals surface area contributed by atoms with Gasteiger partial charge in [-0.1, -0.05) is 24.6 Å². The lowest BCUT2D eigenvalue weighted by Gasteiger charge is -2.30. The molecule has 0 radical (unpaired) electrons. The summed E-state index contributed by atoms with van der Waals surface area (Å²) in [5.74, 6) is -0.199. The van der Waals surface area contributed by atoms with Crippen LogP contribution in [0.3, 0.4) is 0 Å². The zero-order valence-corrected chi connectivity index (χ0v) is 18.6. The first-order chi connectivity index (χ1) is 15.5. The molecule has 0 saturated carbocycles. The van der Waals surface area contributed by atoms with Crippen LogP contribution in [-0.4, -0.2) is 58.8 Å². The smallest absolute Gasteiger partial charge is 0.317 e. The van der Waals surface area contributed by atoms with E-state index in [1.807, 2.05) is 15.9 Å². The molecule has 2 aliphatic rings. The van der Waals surface area contributed by atoms with Crippen LogP contribution in [0.1, 0.15) is 49.8 Å². The van der Waals surface area contributed by atoms with Crippen LogP contribution < -0.4 is 11.1 Å². The molecule has 32 heavy (non-hydrogen) atoms. The number of amides is 4. The number of piperidine rings is 1. The number of urea groups is 1. The van der Waals surface area contributed by atoms with Crippen LogP contribution in [-0.2, 0) is 22.6 Å². The third kappa shape index (κ3) is 5.06. The summed E-state index contributed by atoms with van der Waals surface area (Å²) < 4.78 is 0. The van der Waals surface area contributed by atoms with Crippen molar-refractivity contribution in [2.24, 2.45) is 11.7 Å². The van der Waals surface area contributed by atoms with Crippen LogP contribution >= 0.6 is 0 Å². The molecule has 172 valence electrons. The third-order valence-electron chi connectivity index (χ3n) is 6.76. The number of fused-ring (bicyclic) bond motifs is 3. The van der Waals surface area contributed by atoms with E-state index >= 15 is 0 Å². The van der Waals surface area contributed by atoms with Crippen molar-refractivity contribution in [3.05, 3.63) is 35.5 Å². The normalized spacial score (nSPS) is 16.8. The van der Waals surface area contributed by atoms with Gasteiger partial charge >= 0.3 is 6.03 Å². The van der Waals surface area contributed by atoms with E-state index in [4.69, 9.17) is 5.73 Å². The van der Waals surface area contributed by atoms with E-state index < -0.39 is 0 Å². The fourth-order valence-corrected chi connectivity index (χ4v) is 4.82. The molecule has 1 aromatic carbocycles. The van der Waals surface area contributed by atoms with Gasteiger partial charge in [-0.25, -0.2) is 4.79 Å². The number of carbonyl (C=O) groups is 3. The summed E-state index contributed by atoms with van der Waals surface area (Å²) in [4.78, 5) is 43.2. The number of unbranched alkanes of at least 4 members (excludes halogenated alkanes) is 2. The zero-order valence-electron chi connectivity index (χ0n) is 18.6. The maximum atomic E-state index is 12.6. The molecule has 0 atom stereocenters. The third-order valence-corrected chi connectivity index (χ3v) is 6.76. The summed E-state index contributed by atoms with van der Waals surface area (Å²) in [5.41, 5.74) is 8.93. The number of nitrogens with one attached hydrogen (secondary N) is 2. The second-order valence-corrected chi connectivity index (χ2v) is 8.90. The Balaban J connectivity index is 1.11. The van der Waals surface area contributed by atoms with Crippen LogP contribution in [0, 0.1) is 5.92 Å². The van der Waals surface area contributed by atoms with E-state index in [-0.39, 0.29) is 23.8 Å². The topological polar surface area (TPSA) is 112 Å². The molecule has 3 heterocycles. The number of aromatic amines is 1. The Labute approximate surface area is 188 Å². The summed E-state index contributed by atoms with van der Waals surface area (Å²) in [6.45, 7) is 3.19. The maximum Gasteiger partial charge on any atom is 0.317 e. The molecular formula is C24H33N5O3. The number of carbonyl (C=O) groups excluding carboxylic acids is 3. The highest BCUT2D eigenvalue weighted by Crippen LogP contribution is 2.27. The van der Waals surface area contributed by atoms with Crippen molar-refractivity contribution in [1.29, 1.82) is 0 Å². The number of hydrogen-bond donors (Lipinski definition) is 3. The Hall–Kier alpha value is -3.03. The number of H-pyrrole nitrogens is 1. The van der Waals surface area contributed by atoms with Gasteiger partial charge in [0.05, 0.1) is 6.54 Å². The van der Waals surface area contributed by atoms with Gasteiger partial charge < -0.3 is 25.8 Å². The number of benzene rings is 1. The number of likely N-dealkylation sites (tertiary alicyclic amines) is 1. The standard InChI is InChI=1S/C24H33N5O3/c25-23(31)17-9-13-28(14-10-17)22(30)8-2-1-5-12-26-24(32)29-15-11-19-18-6-3-4-7-20(18)27-21(19)16-29/h3-4,6-7,17,27H,1-2,5,8-16H2,(H2,25,31)(H,26,32). The molecule has 8 heteroatoms. The van der Waals surface area contributed by atoms with E-state index in [1.54, 1.807) is 0 Å². The Morgan fingerprint density at radius 2 is 1.81 bits per heavy atom. The molecule has 4 amide bonds. The zero-order chi connectivity index (χ0) is 22.5. The minimum absolute atomic E-state index is 0.0253. The SMILES string of the molecule is NC(=O)C1CCN(C(=O)CCCCCNC(=O)N2CCc3c([nH]c4ccccc34)C2)CC1. The minimum Gasteiger partial charge on any atom is -0.369 e. The van der Waals surface area contributed by atoms with Crippen molar-refractivity contribution in [1.82, 2.24) is 20.1 Å². The average Bonchev–Trinajstić information content (AvgIpc) is 3.19. The highest BCUT2D eigenvalue weighted by atomic mass is 16.2. The summed E-state index contributed by atoms with van der Waals surface area (Å²) in [6, 6.07) is 8.26. The predicted molar refractivity (Wildman–Crippen MR) is 123 cm³/mol. The number of rotatable bonds is 7. The number of nitrogens with zero attached hydrogens (tertiary/aromatic N) is 2. The predicted octanol–water partition coefficient (Wildman–Crippen LogP) is 2.52. The summed E-state index contributed by atoms with van der Waals surface area (Å²) >= 11 is 0. The largest absolute Gasteiger partial charge is 0.369 e. The molecule has 2 aromatic rings. The Morgan fingerprint density at radius 3 is 2.59 bits per heavy atom. The van der Waals surface area contributed by atoms with E-state index in [9.17, 15) is 14.4 Å². The van der Waals surface area contributed by atoms with Gasteiger partial charge in [-0.15, -0.1) is 0 Å². The molecule has 8 nitrogen and oxygen atoms in total. The summed E-state index contributed by atoms with van der Waals surface area (Å²) in [7, 11) is 0. The van der Waals surface area contributed by atoms with E-state index in [0.717, 1.165) is 43.4 Å². The first-order valence-corrected chi connectivity index (χ1v) is 11.7. The lowest BCUT2D eigenvalue weighted by molar-refractivity contribution is -0.135. The number of para-hydroxylation sites is 1. The van der Waals surface area contributed by atoms with Crippen molar-refractivity contribution < 1.29 is 14.4 Å². The van der Waals surface area contributed by atoms with Gasteiger partial charge in [0.1, 0.15) is 0 Å². The Morgan fingerprint density at radius 1 is 1.03 bits per heavy atom. The second kappa shape index (κ2) is 10.1. The summed E-state index contributed by atoms with van der Waals surface area (Å²) in [6.07, 6.45) is 5.29. The molecule has 4 rings (SSSR count). The van der Waals surface area contributed by atoms with Gasteiger partial charge in [0.2, 0.25) is 11.8 Å². The van der Waals surface area contributed by atoms with Gasteiger partial charge in [0.25, 0.3) is 0 Å². The van der Waals surface area contributed by atoms with Crippen LogP contribution in [0.25, 0.3) is 10.9 Å². The number of aromatic nitrogens is 1. The van der Waals surface area contributed by atoms with Crippen LogP contribution in [0.15, 0.2) is 24.3 Å². The minimum atomic E-state index is -0.259. The number of primary amides is 1. The van der Waals surface area contributed by atoms with Crippen LogP contribution in [0.5, 0.6) is 0 Å². The molecule has 2 aliphatic heterocycles. The molecule has 4 N–H and O–H groups in total. The molecular weight excluding hydrogens is 406 g/mol. The van der Waals surface area contributed by atoms with E-state index in [2.05, 4.69) is 28.5 Å². The quantitative estimate of drug-likeness (QED) is 0.576. The first kappa shape index (κ1) is 22.2. The highest BCUT2D eigenvalue weighted by Gasteiger charge is 2.26. The maximum absolute atomic E-state index is 12.6. The first-order valence-electron chi connectivity index (χ1n) is 11.7. The Bertz CT molecular complexity index is 977. The Kier molecular flexibility index (Phi) is 6.97. The van der Waals surface area contributed by atoms with Crippen molar-refractivity contribution in [2.45, 2.75) is 51.5 Å². The average molecular weight is 440 g/mol. The molecule has 0 bridgehead atoms. The number of hydrogen-bond acceptors (Lipinski definition) is 3. The molecule has 1 aromatic heterocycles. The highest BCUT2D eigenvalue weighted by molar-refractivity contribution is 5.85. The van der Waals surface area contributed by atoms with Crippen molar-refractivity contribution in [2.75, 3.05) is 26.2 Å². The second-order valence-electron chi connectivity index (χ2n) is 8.90. The lowest BCUT2D eigenvalue weighted by atomic mass is 9.96. The molecule has 1 fully saturated rings. The van der Waals surface area contributed by atoms with Gasteiger partial charge in [-0.05, 0) is 43.7 Å². The molecule has 1 saturated heterocycles. The fraction of sp³-hybridized carbons (Fsp3) is 0.542.